The molecule has 0 saturated carbocycles. The molecule has 0 atom stereocenters. The average Bonchev–Trinajstić information content (AvgIpc) is 2.40. The van der Waals surface area contributed by atoms with Crippen LogP contribution in [0.2, 0.25) is 0 Å². The van der Waals surface area contributed by atoms with Gasteiger partial charge in [-0.15, -0.1) is 0 Å². The average molecular weight is 226 g/mol. The summed E-state index contributed by atoms with van der Waals surface area (Å²) in [6.07, 6.45) is 1.66. The van der Waals surface area contributed by atoms with E-state index in [1.54, 1.807) is 6.07 Å². The Kier molecular flexibility index (Phi) is 3.92. The SMILES string of the molecule is O=Cc1ccccc1OCCc1ccccc1. The zero-order valence-corrected chi connectivity index (χ0v) is 9.50. The van der Waals surface area contributed by atoms with Gasteiger partial charge in [0.2, 0.25) is 0 Å². The lowest BCUT2D eigenvalue weighted by Crippen LogP contribution is -2.02. The maximum absolute atomic E-state index is 10.8. The molecule has 0 unspecified atom stereocenters. The van der Waals surface area contributed by atoms with Crippen molar-refractivity contribution in [2.45, 2.75) is 6.42 Å². The molecule has 0 aliphatic carbocycles. The van der Waals surface area contributed by atoms with Crippen molar-refractivity contribution in [2.75, 3.05) is 6.61 Å². The zero-order valence-electron chi connectivity index (χ0n) is 9.50. The van der Waals surface area contributed by atoms with E-state index in [1.165, 1.54) is 5.56 Å². The molecule has 0 N–H and O–H groups in total. The summed E-state index contributed by atoms with van der Waals surface area (Å²) in [6, 6.07) is 17.4. The van der Waals surface area contributed by atoms with Gasteiger partial charge in [0, 0.05) is 6.42 Å². The topological polar surface area (TPSA) is 26.3 Å². The molecule has 0 spiro atoms. The van der Waals surface area contributed by atoms with Crippen molar-refractivity contribution < 1.29 is 9.53 Å². The number of carbonyl (C=O) groups excluding carboxylic acids is 1. The molecular formula is C15H14O2. The van der Waals surface area contributed by atoms with Gasteiger partial charge < -0.3 is 4.74 Å². The summed E-state index contributed by atoms with van der Waals surface area (Å²) in [6.45, 7) is 0.578. The second-order valence-electron chi connectivity index (χ2n) is 3.74. The molecule has 2 heteroatoms. The molecule has 0 aromatic heterocycles. The van der Waals surface area contributed by atoms with Gasteiger partial charge in [-0.05, 0) is 17.7 Å². The second kappa shape index (κ2) is 5.85. The summed E-state index contributed by atoms with van der Waals surface area (Å²) in [5.74, 6) is 0.651. The second-order valence-corrected chi connectivity index (χ2v) is 3.74. The smallest absolute Gasteiger partial charge is 0.153 e. The Bertz CT molecular complexity index is 477. The number of hydrogen-bond acceptors (Lipinski definition) is 2. The number of ether oxygens (including phenoxy) is 1. The number of aldehydes is 1. The molecule has 2 rings (SSSR count). The molecule has 0 aliphatic heterocycles. The van der Waals surface area contributed by atoms with E-state index in [0.717, 1.165) is 12.7 Å². The van der Waals surface area contributed by atoms with E-state index in [4.69, 9.17) is 4.74 Å². The molecule has 0 saturated heterocycles. The van der Waals surface area contributed by atoms with Crippen LogP contribution in [0.15, 0.2) is 54.6 Å². The van der Waals surface area contributed by atoms with Crippen molar-refractivity contribution in [1.29, 1.82) is 0 Å². The van der Waals surface area contributed by atoms with Crippen LogP contribution in [-0.4, -0.2) is 12.9 Å². The van der Waals surface area contributed by atoms with E-state index in [9.17, 15) is 4.79 Å². The summed E-state index contributed by atoms with van der Waals surface area (Å²) in [5, 5.41) is 0. The van der Waals surface area contributed by atoms with Gasteiger partial charge in [0.1, 0.15) is 5.75 Å². The summed E-state index contributed by atoms with van der Waals surface area (Å²) < 4.78 is 5.60. The maximum atomic E-state index is 10.8. The predicted molar refractivity (Wildman–Crippen MR) is 67.5 cm³/mol. The molecule has 2 aromatic carbocycles. The number of para-hydroxylation sites is 1. The largest absolute Gasteiger partial charge is 0.492 e. The molecule has 0 fully saturated rings. The lowest BCUT2D eigenvalue weighted by atomic mass is 10.2. The van der Waals surface area contributed by atoms with Crippen molar-refractivity contribution in [3.63, 3.8) is 0 Å². The van der Waals surface area contributed by atoms with E-state index in [1.807, 2.05) is 36.4 Å². The first kappa shape index (κ1) is 11.4. The van der Waals surface area contributed by atoms with Gasteiger partial charge in [-0.3, -0.25) is 4.79 Å². The summed E-state index contributed by atoms with van der Waals surface area (Å²) in [7, 11) is 0. The molecule has 0 bridgehead atoms. The molecular weight excluding hydrogens is 212 g/mol. The Morgan fingerprint density at radius 1 is 0.941 bits per heavy atom. The van der Waals surface area contributed by atoms with Crippen LogP contribution in [0.3, 0.4) is 0 Å². The molecule has 0 heterocycles. The highest BCUT2D eigenvalue weighted by atomic mass is 16.5. The fourth-order valence-electron chi connectivity index (χ4n) is 1.63. The van der Waals surface area contributed by atoms with Gasteiger partial charge in [0.05, 0.1) is 12.2 Å². The van der Waals surface area contributed by atoms with Crippen LogP contribution >= 0.6 is 0 Å². The lowest BCUT2D eigenvalue weighted by molar-refractivity contribution is 0.111. The Balaban J connectivity index is 1.92. The van der Waals surface area contributed by atoms with E-state index >= 15 is 0 Å². The van der Waals surface area contributed by atoms with Crippen molar-refractivity contribution in [3.8, 4) is 5.75 Å². The summed E-state index contributed by atoms with van der Waals surface area (Å²) in [4.78, 5) is 10.8. The van der Waals surface area contributed by atoms with Gasteiger partial charge in [0.15, 0.2) is 6.29 Å². The number of rotatable bonds is 5. The summed E-state index contributed by atoms with van der Waals surface area (Å²) in [5.41, 5.74) is 1.83. The Morgan fingerprint density at radius 2 is 1.65 bits per heavy atom. The molecule has 2 nitrogen and oxygen atoms in total. The molecule has 0 aliphatic rings. The molecule has 0 radical (unpaired) electrons. The van der Waals surface area contributed by atoms with Crippen LogP contribution in [0.1, 0.15) is 15.9 Å². The first-order valence-corrected chi connectivity index (χ1v) is 5.61. The van der Waals surface area contributed by atoms with Crippen LogP contribution in [0, 0.1) is 0 Å². The number of carbonyl (C=O) groups is 1. The van der Waals surface area contributed by atoms with Crippen LogP contribution in [0.5, 0.6) is 5.75 Å². The highest BCUT2D eigenvalue weighted by Crippen LogP contribution is 2.15. The third kappa shape index (κ3) is 3.18. The first-order chi connectivity index (χ1) is 8.40. The van der Waals surface area contributed by atoms with Crippen molar-refractivity contribution in [1.82, 2.24) is 0 Å². The van der Waals surface area contributed by atoms with Crippen LogP contribution < -0.4 is 4.74 Å². The first-order valence-electron chi connectivity index (χ1n) is 5.61. The van der Waals surface area contributed by atoms with E-state index < -0.39 is 0 Å². The quantitative estimate of drug-likeness (QED) is 0.732. The van der Waals surface area contributed by atoms with Crippen molar-refractivity contribution >= 4 is 6.29 Å². The normalized spacial score (nSPS) is 9.88. The minimum atomic E-state index is 0.578. The van der Waals surface area contributed by atoms with Gasteiger partial charge in [-0.2, -0.15) is 0 Å². The van der Waals surface area contributed by atoms with E-state index in [2.05, 4.69) is 12.1 Å². The molecule has 2 aromatic rings. The van der Waals surface area contributed by atoms with E-state index in [-0.39, 0.29) is 0 Å². The monoisotopic (exact) mass is 226 g/mol. The Labute approximate surface area is 101 Å². The molecule has 17 heavy (non-hydrogen) atoms. The minimum Gasteiger partial charge on any atom is -0.492 e. The Morgan fingerprint density at radius 3 is 2.41 bits per heavy atom. The summed E-state index contributed by atoms with van der Waals surface area (Å²) >= 11 is 0. The van der Waals surface area contributed by atoms with E-state index in [0.29, 0.717) is 17.9 Å². The van der Waals surface area contributed by atoms with Gasteiger partial charge in [-0.1, -0.05) is 42.5 Å². The van der Waals surface area contributed by atoms with Crippen molar-refractivity contribution in [3.05, 3.63) is 65.7 Å². The minimum absolute atomic E-state index is 0.578. The fraction of sp³-hybridized carbons (Fsp3) is 0.133. The maximum Gasteiger partial charge on any atom is 0.153 e. The molecule has 86 valence electrons. The number of benzene rings is 2. The van der Waals surface area contributed by atoms with Crippen LogP contribution in [-0.2, 0) is 6.42 Å². The number of hydrogen-bond donors (Lipinski definition) is 0. The fourth-order valence-corrected chi connectivity index (χ4v) is 1.63. The third-order valence-electron chi connectivity index (χ3n) is 2.54. The predicted octanol–water partition coefficient (Wildman–Crippen LogP) is 3.12. The third-order valence-corrected chi connectivity index (χ3v) is 2.54. The highest BCUT2D eigenvalue weighted by molar-refractivity contribution is 5.79. The van der Waals surface area contributed by atoms with Crippen LogP contribution in [0.25, 0.3) is 0 Å². The Hall–Kier alpha value is -2.09. The molecule has 0 amide bonds. The van der Waals surface area contributed by atoms with Crippen molar-refractivity contribution in [2.24, 2.45) is 0 Å². The van der Waals surface area contributed by atoms with Gasteiger partial charge in [0.25, 0.3) is 0 Å². The standard InChI is InChI=1S/C15H14O2/c16-12-14-8-4-5-9-15(14)17-11-10-13-6-2-1-3-7-13/h1-9,12H,10-11H2. The lowest BCUT2D eigenvalue weighted by Gasteiger charge is -2.07. The zero-order chi connectivity index (χ0) is 11.9. The van der Waals surface area contributed by atoms with Gasteiger partial charge in [-0.25, -0.2) is 0 Å². The highest BCUT2D eigenvalue weighted by Gasteiger charge is 2.00. The van der Waals surface area contributed by atoms with Gasteiger partial charge >= 0.3 is 0 Å². The van der Waals surface area contributed by atoms with Crippen LogP contribution in [0.4, 0.5) is 0 Å².